The summed E-state index contributed by atoms with van der Waals surface area (Å²) in [4.78, 5) is 38.5. The van der Waals surface area contributed by atoms with Crippen LogP contribution >= 0.6 is 0 Å². The zero-order valence-electron chi connectivity index (χ0n) is 25.9. The second-order valence-corrected chi connectivity index (χ2v) is 10.9. The van der Waals surface area contributed by atoms with Crippen molar-refractivity contribution in [2.24, 2.45) is 5.92 Å². The van der Waals surface area contributed by atoms with Crippen LogP contribution in [0.15, 0.2) is 30.5 Å². The number of hydrogen-bond acceptors (Lipinski definition) is 7. The maximum atomic E-state index is 13.8. The first-order valence-corrected chi connectivity index (χ1v) is 14.6. The second kappa shape index (κ2) is 15.4. The third-order valence-electron chi connectivity index (χ3n) is 6.56. The van der Waals surface area contributed by atoms with Crippen LogP contribution in [0.25, 0.3) is 0 Å². The molecule has 0 aliphatic carbocycles. The molecular formula is C31H49N5O4. The molecule has 3 rings (SSSR count). The topological polar surface area (TPSA) is 96.9 Å². The van der Waals surface area contributed by atoms with Crippen molar-refractivity contribution in [3.05, 3.63) is 41.7 Å². The molecule has 1 fully saturated rings. The Morgan fingerprint density at radius 2 is 1.95 bits per heavy atom. The number of nitrogens with zero attached hydrogens (tertiary/aromatic N) is 4. The number of aryl methyl sites for hydroxylation is 1. The van der Waals surface area contributed by atoms with Gasteiger partial charge in [-0.3, -0.25) is 4.79 Å². The van der Waals surface area contributed by atoms with Gasteiger partial charge in [0.1, 0.15) is 17.5 Å². The molecule has 1 aliphatic heterocycles. The monoisotopic (exact) mass is 555 g/mol. The van der Waals surface area contributed by atoms with Gasteiger partial charge < -0.3 is 24.6 Å². The van der Waals surface area contributed by atoms with Gasteiger partial charge in [0.25, 0.3) is 5.91 Å². The Kier molecular flexibility index (Phi) is 12.7. The molecule has 40 heavy (non-hydrogen) atoms. The van der Waals surface area contributed by atoms with Gasteiger partial charge in [0.05, 0.1) is 17.8 Å². The van der Waals surface area contributed by atoms with Crippen molar-refractivity contribution in [2.45, 2.75) is 93.3 Å². The Hall–Kier alpha value is -3.36. The van der Waals surface area contributed by atoms with Crippen molar-refractivity contribution in [3.63, 3.8) is 0 Å². The number of carbonyl (C=O) groups excluding carboxylic acids is 2. The van der Waals surface area contributed by atoms with Crippen molar-refractivity contribution in [1.82, 2.24) is 14.9 Å². The molecule has 0 radical (unpaired) electrons. The quantitative estimate of drug-likeness (QED) is 0.348. The highest BCUT2D eigenvalue weighted by molar-refractivity contribution is 6.06. The van der Waals surface area contributed by atoms with E-state index in [0.717, 1.165) is 24.9 Å². The maximum Gasteiger partial charge on any atom is 0.410 e. The average Bonchev–Trinajstić information content (AvgIpc) is 3.38. The first-order chi connectivity index (χ1) is 19.0. The number of nitrogens with one attached hydrogen (secondary N) is 1. The largest absolute Gasteiger partial charge is 0.488 e. The lowest BCUT2D eigenvalue weighted by molar-refractivity contribution is 0.0275. The molecule has 222 valence electrons. The SMILES string of the molecule is CC.CCNc1ncc(C(=O)N(CCC(C)CC)c2cccc(OC3CCN(C(=O)OC(C)(C)C)C3)c2)c(C)n1. The highest BCUT2D eigenvalue weighted by atomic mass is 16.6. The first-order valence-electron chi connectivity index (χ1n) is 14.6. The minimum atomic E-state index is -0.536. The van der Waals surface area contributed by atoms with E-state index in [1.807, 2.05) is 72.7 Å². The van der Waals surface area contributed by atoms with Gasteiger partial charge in [-0.15, -0.1) is 0 Å². The molecule has 2 atom stereocenters. The number of rotatable bonds is 10. The Morgan fingerprint density at radius 1 is 1.23 bits per heavy atom. The van der Waals surface area contributed by atoms with Gasteiger partial charge in [-0.1, -0.05) is 40.2 Å². The van der Waals surface area contributed by atoms with E-state index in [2.05, 4.69) is 29.1 Å². The van der Waals surface area contributed by atoms with Crippen molar-refractivity contribution < 1.29 is 19.1 Å². The first kappa shape index (κ1) is 32.8. The lowest BCUT2D eigenvalue weighted by atomic mass is 10.0. The van der Waals surface area contributed by atoms with Crippen LogP contribution in [0.5, 0.6) is 5.75 Å². The van der Waals surface area contributed by atoms with Gasteiger partial charge in [-0.25, -0.2) is 14.8 Å². The summed E-state index contributed by atoms with van der Waals surface area (Å²) in [6.45, 7) is 20.1. The van der Waals surface area contributed by atoms with Crippen LogP contribution in [-0.4, -0.2) is 64.8 Å². The number of amides is 2. The standard InChI is InChI=1S/C29H43N5O4.C2H6/c1-8-20(3)13-16-34(26(35)25-18-31-27(30-9-2)32-21(25)4)22-11-10-12-23(17-22)37-24-14-15-33(19-24)28(36)38-29(5,6)7;1-2/h10-12,17-18,20,24H,8-9,13-16,19H2,1-7H3,(H,30,31,32);1-2H3. The molecule has 1 aliphatic rings. The molecule has 2 amide bonds. The summed E-state index contributed by atoms with van der Waals surface area (Å²) in [6, 6.07) is 7.60. The Bertz CT molecular complexity index is 1100. The smallest absolute Gasteiger partial charge is 0.410 e. The lowest BCUT2D eigenvalue weighted by Crippen LogP contribution is -2.36. The molecule has 9 nitrogen and oxygen atoms in total. The zero-order chi connectivity index (χ0) is 29.9. The van der Waals surface area contributed by atoms with Crippen molar-refractivity contribution >= 4 is 23.6 Å². The van der Waals surface area contributed by atoms with Crippen molar-refractivity contribution in [1.29, 1.82) is 0 Å². The van der Waals surface area contributed by atoms with Crippen LogP contribution < -0.4 is 15.0 Å². The van der Waals surface area contributed by atoms with E-state index in [1.54, 1.807) is 16.0 Å². The number of hydrogen-bond donors (Lipinski definition) is 1. The normalized spacial score (nSPS) is 15.5. The van der Waals surface area contributed by atoms with Crippen LogP contribution in [0.2, 0.25) is 0 Å². The molecule has 2 unspecified atom stereocenters. The van der Waals surface area contributed by atoms with Crippen LogP contribution in [0.4, 0.5) is 16.4 Å². The van der Waals surface area contributed by atoms with Gasteiger partial charge in [-0.05, 0) is 59.1 Å². The summed E-state index contributed by atoms with van der Waals surface area (Å²) in [6.07, 6.45) is 3.77. The summed E-state index contributed by atoms with van der Waals surface area (Å²) < 4.78 is 11.8. The van der Waals surface area contributed by atoms with Gasteiger partial charge in [0, 0.05) is 44.0 Å². The molecule has 1 N–H and O–H groups in total. The van der Waals surface area contributed by atoms with Crippen LogP contribution in [0.3, 0.4) is 0 Å². The Balaban J connectivity index is 0.00000274. The number of likely N-dealkylation sites (tertiary alicyclic amines) is 1. The third-order valence-corrected chi connectivity index (χ3v) is 6.56. The molecule has 1 saturated heterocycles. The number of aromatic nitrogens is 2. The molecule has 0 bridgehead atoms. The predicted molar refractivity (Wildman–Crippen MR) is 161 cm³/mol. The third kappa shape index (κ3) is 9.68. The van der Waals surface area contributed by atoms with Gasteiger partial charge in [0.15, 0.2) is 0 Å². The predicted octanol–water partition coefficient (Wildman–Crippen LogP) is 6.71. The summed E-state index contributed by atoms with van der Waals surface area (Å²) in [5.41, 5.74) is 1.33. The summed E-state index contributed by atoms with van der Waals surface area (Å²) >= 11 is 0. The number of anilines is 2. The molecule has 2 heterocycles. The lowest BCUT2D eigenvalue weighted by Gasteiger charge is -2.26. The minimum absolute atomic E-state index is 0.136. The summed E-state index contributed by atoms with van der Waals surface area (Å²) in [5.74, 6) is 1.52. The van der Waals surface area contributed by atoms with E-state index >= 15 is 0 Å². The van der Waals surface area contributed by atoms with E-state index < -0.39 is 5.60 Å². The van der Waals surface area contributed by atoms with E-state index in [9.17, 15) is 9.59 Å². The fourth-order valence-electron chi connectivity index (χ4n) is 4.20. The molecule has 9 heteroatoms. The van der Waals surface area contributed by atoms with Crippen LogP contribution in [-0.2, 0) is 4.74 Å². The minimum Gasteiger partial charge on any atom is -0.488 e. The average molecular weight is 556 g/mol. The molecule has 2 aromatic rings. The fraction of sp³-hybridized carbons (Fsp3) is 0.613. The molecule has 1 aromatic carbocycles. The van der Waals surface area contributed by atoms with Gasteiger partial charge in [0.2, 0.25) is 5.95 Å². The number of benzene rings is 1. The van der Waals surface area contributed by atoms with Gasteiger partial charge >= 0.3 is 6.09 Å². The summed E-state index contributed by atoms with van der Waals surface area (Å²) in [7, 11) is 0. The molecule has 1 aromatic heterocycles. The molecule has 0 saturated carbocycles. The van der Waals surface area contributed by atoms with Crippen LogP contribution in [0, 0.1) is 12.8 Å². The Morgan fingerprint density at radius 3 is 2.58 bits per heavy atom. The van der Waals surface area contributed by atoms with Crippen molar-refractivity contribution in [3.8, 4) is 5.75 Å². The highest BCUT2D eigenvalue weighted by Crippen LogP contribution is 2.27. The van der Waals surface area contributed by atoms with E-state index in [-0.39, 0.29) is 18.1 Å². The Labute approximate surface area is 240 Å². The van der Waals surface area contributed by atoms with E-state index in [1.165, 1.54) is 0 Å². The molecule has 0 spiro atoms. The zero-order valence-corrected chi connectivity index (χ0v) is 25.9. The highest BCUT2D eigenvalue weighted by Gasteiger charge is 2.31. The van der Waals surface area contributed by atoms with Gasteiger partial charge in [-0.2, -0.15) is 0 Å². The van der Waals surface area contributed by atoms with Crippen LogP contribution in [0.1, 0.15) is 90.7 Å². The van der Waals surface area contributed by atoms with Crippen molar-refractivity contribution in [2.75, 3.05) is 36.4 Å². The van der Waals surface area contributed by atoms with E-state index in [0.29, 0.717) is 55.1 Å². The molecular weight excluding hydrogens is 506 g/mol. The summed E-state index contributed by atoms with van der Waals surface area (Å²) in [5, 5.41) is 3.09. The fourth-order valence-corrected chi connectivity index (χ4v) is 4.20. The van der Waals surface area contributed by atoms with E-state index in [4.69, 9.17) is 9.47 Å². The second-order valence-electron chi connectivity index (χ2n) is 10.9. The number of ether oxygens (including phenoxy) is 2. The number of carbonyl (C=O) groups is 2. The maximum absolute atomic E-state index is 13.8.